The number of benzene rings is 2. The summed E-state index contributed by atoms with van der Waals surface area (Å²) < 4.78 is 12.3. The van der Waals surface area contributed by atoms with Crippen molar-refractivity contribution in [3.8, 4) is 17.2 Å². The maximum absolute atomic E-state index is 12.1. The smallest absolute Gasteiger partial charge is 0.220 e. The largest absolute Gasteiger partial charge is 0.497 e. The highest BCUT2D eigenvalue weighted by atomic mass is 16.5. The first-order valence-corrected chi connectivity index (χ1v) is 9.25. The Kier molecular flexibility index (Phi) is 6.68. The van der Waals surface area contributed by atoms with Gasteiger partial charge in [0.25, 0.3) is 0 Å². The molecule has 0 bridgehead atoms. The van der Waals surface area contributed by atoms with Crippen LogP contribution in [0, 0.1) is 0 Å². The van der Waals surface area contributed by atoms with E-state index >= 15 is 0 Å². The van der Waals surface area contributed by atoms with E-state index in [0.717, 1.165) is 29.2 Å². The van der Waals surface area contributed by atoms with Gasteiger partial charge >= 0.3 is 0 Å². The maximum Gasteiger partial charge on any atom is 0.220 e. The minimum Gasteiger partial charge on any atom is -0.497 e. The number of carbonyl (C=O) groups is 1. The Hall–Kier alpha value is -3.28. The van der Waals surface area contributed by atoms with Gasteiger partial charge in [0.15, 0.2) is 0 Å². The summed E-state index contributed by atoms with van der Waals surface area (Å²) in [6.45, 7) is 0.612. The second-order valence-electron chi connectivity index (χ2n) is 6.44. The molecular formula is C22H25N3O3. The Morgan fingerprint density at radius 1 is 1.00 bits per heavy atom. The number of ether oxygens (including phenoxy) is 2. The third-order valence-electron chi connectivity index (χ3n) is 4.49. The average Bonchev–Trinajstić information content (AvgIpc) is 3.27. The van der Waals surface area contributed by atoms with Crippen molar-refractivity contribution >= 4 is 5.91 Å². The van der Waals surface area contributed by atoms with E-state index in [4.69, 9.17) is 9.47 Å². The van der Waals surface area contributed by atoms with Gasteiger partial charge in [0, 0.05) is 31.4 Å². The first kappa shape index (κ1) is 19.5. The molecule has 0 atom stereocenters. The molecule has 28 heavy (non-hydrogen) atoms. The van der Waals surface area contributed by atoms with Crippen LogP contribution in [0.5, 0.6) is 11.5 Å². The van der Waals surface area contributed by atoms with Crippen molar-refractivity contribution < 1.29 is 14.3 Å². The molecule has 0 spiro atoms. The first-order chi connectivity index (χ1) is 13.7. The summed E-state index contributed by atoms with van der Waals surface area (Å²) in [7, 11) is 3.24. The van der Waals surface area contributed by atoms with Crippen LogP contribution >= 0.6 is 0 Å². The van der Waals surface area contributed by atoms with Gasteiger partial charge in [-0.1, -0.05) is 12.1 Å². The fourth-order valence-corrected chi connectivity index (χ4v) is 2.94. The van der Waals surface area contributed by atoms with Gasteiger partial charge in [-0.2, -0.15) is 5.10 Å². The highest BCUT2D eigenvalue weighted by Crippen LogP contribution is 2.23. The lowest BCUT2D eigenvalue weighted by atomic mass is 10.1. The summed E-state index contributed by atoms with van der Waals surface area (Å²) in [4.78, 5) is 12.1. The molecule has 3 aromatic rings. The van der Waals surface area contributed by atoms with Gasteiger partial charge in [-0.05, 0) is 54.3 Å². The van der Waals surface area contributed by atoms with Crippen LogP contribution in [-0.2, 0) is 17.6 Å². The first-order valence-electron chi connectivity index (χ1n) is 9.25. The molecule has 1 N–H and O–H groups in total. The monoisotopic (exact) mass is 379 g/mol. The maximum atomic E-state index is 12.1. The molecule has 0 saturated heterocycles. The highest BCUT2D eigenvalue weighted by Gasteiger charge is 2.06. The van der Waals surface area contributed by atoms with Crippen molar-refractivity contribution in [2.45, 2.75) is 19.3 Å². The Bertz CT molecular complexity index is 868. The lowest BCUT2D eigenvalue weighted by Crippen LogP contribution is -2.25. The van der Waals surface area contributed by atoms with Crippen LogP contribution in [0.4, 0.5) is 0 Å². The molecule has 146 valence electrons. The quantitative estimate of drug-likeness (QED) is 0.620. The predicted octanol–water partition coefficient (Wildman–Crippen LogP) is 3.18. The normalized spacial score (nSPS) is 10.5. The van der Waals surface area contributed by atoms with Crippen LogP contribution in [0.2, 0.25) is 0 Å². The van der Waals surface area contributed by atoms with Crippen molar-refractivity contribution in [3.05, 3.63) is 72.1 Å². The molecule has 6 heteroatoms. The number of aryl methyl sites for hydroxylation is 1. The van der Waals surface area contributed by atoms with Crippen LogP contribution in [0.25, 0.3) is 5.69 Å². The molecule has 1 amide bonds. The molecule has 0 fully saturated rings. The van der Waals surface area contributed by atoms with Crippen LogP contribution in [-0.4, -0.2) is 36.5 Å². The molecule has 1 aromatic heterocycles. The second kappa shape index (κ2) is 9.60. The lowest BCUT2D eigenvalue weighted by Gasteiger charge is -2.09. The fourth-order valence-electron chi connectivity index (χ4n) is 2.94. The molecule has 0 unspecified atom stereocenters. The Morgan fingerprint density at radius 3 is 2.32 bits per heavy atom. The lowest BCUT2D eigenvalue weighted by molar-refractivity contribution is -0.121. The van der Waals surface area contributed by atoms with E-state index in [1.165, 1.54) is 5.56 Å². The van der Waals surface area contributed by atoms with Crippen molar-refractivity contribution in [2.75, 3.05) is 20.8 Å². The molecule has 3 rings (SSSR count). The van der Waals surface area contributed by atoms with E-state index in [0.29, 0.717) is 19.4 Å². The minimum absolute atomic E-state index is 0.0370. The van der Waals surface area contributed by atoms with Crippen molar-refractivity contribution in [1.29, 1.82) is 0 Å². The number of hydrogen-bond acceptors (Lipinski definition) is 4. The van der Waals surface area contributed by atoms with Crippen LogP contribution in [0.1, 0.15) is 17.5 Å². The Morgan fingerprint density at radius 2 is 1.71 bits per heavy atom. The predicted molar refractivity (Wildman–Crippen MR) is 108 cm³/mol. The van der Waals surface area contributed by atoms with Gasteiger partial charge in [-0.3, -0.25) is 4.79 Å². The molecule has 1 heterocycles. The van der Waals surface area contributed by atoms with E-state index in [1.54, 1.807) is 20.4 Å². The number of nitrogens with one attached hydrogen (secondary N) is 1. The molecule has 0 aliphatic rings. The number of methoxy groups -OCH3 is 2. The zero-order chi connectivity index (χ0) is 19.8. The van der Waals surface area contributed by atoms with E-state index in [-0.39, 0.29) is 5.91 Å². The fraction of sp³-hybridized carbons (Fsp3) is 0.273. The third-order valence-corrected chi connectivity index (χ3v) is 4.49. The van der Waals surface area contributed by atoms with Gasteiger partial charge in [0.1, 0.15) is 11.5 Å². The van der Waals surface area contributed by atoms with E-state index in [2.05, 4.69) is 22.5 Å². The zero-order valence-electron chi connectivity index (χ0n) is 16.2. The number of rotatable bonds is 9. The molecule has 2 aromatic carbocycles. The summed E-state index contributed by atoms with van der Waals surface area (Å²) >= 11 is 0. The van der Waals surface area contributed by atoms with E-state index in [1.807, 2.05) is 47.3 Å². The van der Waals surface area contributed by atoms with Gasteiger partial charge < -0.3 is 14.8 Å². The number of hydrogen-bond donors (Lipinski definition) is 1. The van der Waals surface area contributed by atoms with Gasteiger partial charge in [-0.25, -0.2) is 4.68 Å². The zero-order valence-corrected chi connectivity index (χ0v) is 16.2. The summed E-state index contributed by atoms with van der Waals surface area (Å²) in [6.07, 6.45) is 5.52. The molecule has 6 nitrogen and oxygen atoms in total. The van der Waals surface area contributed by atoms with Gasteiger partial charge in [0.05, 0.1) is 19.9 Å². The van der Waals surface area contributed by atoms with Gasteiger partial charge in [0.2, 0.25) is 5.91 Å². The second-order valence-corrected chi connectivity index (χ2v) is 6.44. The minimum atomic E-state index is 0.0370. The molecule has 0 radical (unpaired) electrons. The summed E-state index contributed by atoms with van der Waals surface area (Å²) in [5.41, 5.74) is 3.21. The van der Waals surface area contributed by atoms with Crippen LogP contribution < -0.4 is 14.8 Å². The third kappa shape index (κ3) is 5.36. The molecule has 0 aliphatic heterocycles. The van der Waals surface area contributed by atoms with Crippen molar-refractivity contribution in [3.63, 3.8) is 0 Å². The van der Waals surface area contributed by atoms with Crippen LogP contribution in [0.3, 0.4) is 0 Å². The molecular weight excluding hydrogens is 354 g/mol. The number of amides is 1. The summed E-state index contributed by atoms with van der Waals surface area (Å²) in [6, 6.07) is 15.7. The van der Waals surface area contributed by atoms with Crippen LogP contribution in [0.15, 0.2) is 60.9 Å². The summed E-state index contributed by atoms with van der Waals surface area (Å²) in [5.74, 6) is 1.50. The number of aromatic nitrogens is 2. The Balaban J connectivity index is 1.43. The standard InChI is InChI=1S/C22H25N3O3/c1-27-20-14-18(15-21(16-20)28-2)6-9-22(26)23-12-10-17-4-7-19(8-5-17)25-13-3-11-24-25/h3-5,7-8,11,13-16H,6,9-10,12H2,1-2H3,(H,23,26). The highest BCUT2D eigenvalue weighted by molar-refractivity contribution is 5.76. The van der Waals surface area contributed by atoms with E-state index in [9.17, 15) is 4.79 Å². The van der Waals surface area contributed by atoms with E-state index < -0.39 is 0 Å². The topological polar surface area (TPSA) is 65.4 Å². The number of carbonyl (C=O) groups excluding carboxylic acids is 1. The summed E-state index contributed by atoms with van der Waals surface area (Å²) in [5, 5.41) is 7.19. The van der Waals surface area contributed by atoms with Gasteiger partial charge in [-0.15, -0.1) is 0 Å². The molecule has 0 saturated carbocycles. The SMILES string of the molecule is COc1cc(CCC(=O)NCCc2ccc(-n3cccn3)cc2)cc(OC)c1. The molecule has 0 aliphatic carbocycles. The van der Waals surface area contributed by atoms with Crippen molar-refractivity contribution in [2.24, 2.45) is 0 Å². The number of nitrogens with zero attached hydrogens (tertiary/aromatic N) is 2. The van der Waals surface area contributed by atoms with Crippen molar-refractivity contribution in [1.82, 2.24) is 15.1 Å². The average molecular weight is 379 g/mol. The Labute approximate surface area is 165 Å².